The lowest BCUT2D eigenvalue weighted by Gasteiger charge is -2.43. The van der Waals surface area contributed by atoms with E-state index in [1.807, 2.05) is 10.9 Å². The third-order valence-electron chi connectivity index (χ3n) is 7.90. The summed E-state index contributed by atoms with van der Waals surface area (Å²) in [4.78, 5) is 8.96. The van der Waals surface area contributed by atoms with Crippen LogP contribution in [-0.4, -0.2) is 60.4 Å². The lowest BCUT2D eigenvalue weighted by atomic mass is 9.84. The van der Waals surface area contributed by atoms with Crippen molar-refractivity contribution < 1.29 is 4.90 Å². The number of para-hydroxylation sites is 1. The van der Waals surface area contributed by atoms with Crippen LogP contribution in [0, 0.1) is 18.3 Å². The van der Waals surface area contributed by atoms with Gasteiger partial charge in [-0.25, -0.2) is 9.67 Å². The van der Waals surface area contributed by atoms with E-state index in [0.717, 1.165) is 49.5 Å². The van der Waals surface area contributed by atoms with Crippen LogP contribution in [-0.2, 0) is 23.8 Å². The first-order chi connectivity index (χ1) is 16.7. The van der Waals surface area contributed by atoms with E-state index in [0.29, 0.717) is 13.0 Å². The van der Waals surface area contributed by atoms with Crippen molar-refractivity contribution in [3.63, 3.8) is 0 Å². The van der Waals surface area contributed by atoms with Crippen molar-refractivity contribution in [2.45, 2.75) is 46.1 Å². The monoisotopic (exact) mass is 508 g/mol. The number of fused-ring (bicyclic) bond motifs is 2. The summed E-state index contributed by atoms with van der Waals surface area (Å²) in [6.45, 7) is 14.8. The average molecular weight is 509 g/mol. The molecule has 4 heterocycles. The van der Waals surface area contributed by atoms with Crippen LogP contribution >= 0.6 is 6.19 Å². The van der Waals surface area contributed by atoms with E-state index in [1.165, 1.54) is 22.3 Å². The van der Waals surface area contributed by atoms with Crippen molar-refractivity contribution in [1.29, 1.82) is 5.26 Å². The Hall–Kier alpha value is -2.30. The Morgan fingerprint density at radius 3 is 2.60 bits per heavy atom. The number of nitrogens with one attached hydrogen (secondary N) is 1. The average Bonchev–Trinajstić information content (AvgIpc) is 3.29. The molecule has 0 unspecified atom stereocenters. The quantitative estimate of drug-likeness (QED) is 0.644. The number of aliphatic imine (C=N–C) groups is 1. The molecule has 5 rings (SSSR count). The number of allylic oxidation sites excluding steroid dienone is 2. The van der Waals surface area contributed by atoms with Crippen LogP contribution in [0.5, 0.6) is 0 Å². The molecule has 35 heavy (non-hydrogen) atoms. The summed E-state index contributed by atoms with van der Waals surface area (Å²) in [5.74, 6) is 0.853. The number of aromatic nitrogens is 2. The Kier molecular flexibility index (Phi) is 6.26. The molecule has 0 spiro atoms. The molecule has 0 radical (unpaired) electrons. The van der Waals surface area contributed by atoms with E-state index in [9.17, 15) is 5.26 Å². The second-order valence-electron chi connectivity index (χ2n) is 10.2. The van der Waals surface area contributed by atoms with Crippen molar-refractivity contribution in [3.8, 4) is 6.07 Å². The van der Waals surface area contributed by atoms with Crippen LogP contribution < -0.4 is 15.1 Å². The van der Waals surface area contributed by atoms with Gasteiger partial charge in [-0.1, -0.05) is 43.9 Å². The van der Waals surface area contributed by atoms with Crippen LogP contribution in [0.1, 0.15) is 38.4 Å². The predicted octanol–water partition coefficient (Wildman–Crippen LogP) is 2.70. The van der Waals surface area contributed by atoms with Crippen molar-refractivity contribution in [1.82, 2.24) is 14.5 Å². The molecule has 7 nitrogen and oxygen atoms in total. The van der Waals surface area contributed by atoms with E-state index in [4.69, 9.17) is 21.9 Å². The third-order valence-corrected chi connectivity index (χ3v) is 13.0. The zero-order chi connectivity index (χ0) is 25.0. The molecular formula is C26H35N7PS+. The zero-order valence-corrected chi connectivity index (χ0v) is 23.1. The Balaban J connectivity index is 1.74. The number of hydrogen-bond donors (Lipinski definition) is 1. The molecule has 1 atom stereocenters. The summed E-state index contributed by atoms with van der Waals surface area (Å²) in [5.41, 5.74) is 4.59. The van der Waals surface area contributed by atoms with E-state index in [2.05, 4.69) is 74.6 Å². The summed E-state index contributed by atoms with van der Waals surface area (Å²) in [6.07, 6.45) is 0.0594. The van der Waals surface area contributed by atoms with Gasteiger partial charge >= 0.3 is 0 Å². The standard InChI is InChI=1S/C26H34N7PS/c1-6-31-14-16-32(17-15-31)34(35)22(18-28-25-23(34)19(2)29-33(25)13-9-12-27)24-26(3,4)20-10-7-8-11-21(20)30(24)5/h7-8,10-11,18H,6,9,13-17H2,1-5H3/p+1/b24-22-/t34-/m0/s1. The van der Waals surface area contributed by atoms with Crippen LogP contribution in [0.4, 0.5) is 11.5 Å². The number of piperazine rings is 1. The largest absolute Gasteiger partial charge is 0.346 e. The number of rotatable bonds is 4. The second-order valence-corrected chi connectivity index (χ2v) is 14.4. The highest BCUT2D eigenvalue weighted by molar-refractivity contribution is 8.19. The van der Waals surface area contributed by atoms with E-state index in [-0.39, 0.29) is 5.41 Å². The molecule has 3 aliphatic heterocycles. The molecule has 3 aliphatic rings. The predicted molar refractivity (Wildman–Crippen MR) is 147 cm³/mol. The van der Waals surface area contributed by atoms with E-state index < -0.39 is 6.19 Å². The fraction of sp³-hybridized carbons (Fsp3) is 0.500. The highest BCUT2D eigenvalue weighted by Gasteiger charge is 2.48. The minimum absolute atomic E-state index is 0.185. The molecular weight excluding hydrogens is 473 g/mol. The first kappa shape index (κ1) is 24.4. The highest BCUT2D eigenvalue weighted by Crippen LogP contribution is 2.64. The Labute approximate surface area is 213 Å². The van der Waals surface area contributed by atoms with Gasteiger partial charge in [-0.3, -0.25) is 4.67 Å². The summed E-state index contributed by atoms with van der Waals surface area (Å²) in [5, 5.41) is 16.3. The molecule has 1 aromatic carbocycles. The fourth-order valence-corrected chi connectivity index (χ4v) is 11.1. The Bertz CT molecular complexity index is 1310. The van der Waals surface area contributed by atoms with Crippen LogP contribution in [0.3, 0.4) is 0 Å². The molecule has 1 saturated heterocycles. The van der Waals surface area contributed by atoms with Gasteiger partial charge in [-0.15, -0.1) is 0 Å². The van der Waals surface area contributed by atoms with Crippen LogP contribution in [0.25, 0.3) is 0 Å². The summed E-state index contributed by atoms with van der Waals surface area (Å²) in [6, 6.07) is 10.9. The molecule has 0 saturated carbocycles. The summed E-state index contributed by atoms with van der Waals surface area (Å²) >= 11 is 6.87. The number of quaternary nitrogens is 1. The highest BCUT2D eigenvalue weighted by atomic mass is 32.4. The van der Waals surface area contributed by atoms with Gasteiger partial charge in [0.05, 0.1) is 68.9 Å². The minimum Gasteiger partial charge on any atom is -0.346 e. The third kappa shape index (κ3) is 3.64. The smallest absolute Gasteiger partial charge is 0.160 e. The van der Waals surface area contributed by atoms with Crippen molar-refractivity contribution in [2.75, 3.05) is 44.7 Å². The Morgan fingerprint density at radius 2 is 1.94 bits per heavy atom. The number of nitriles is 1. The number of anilines is 1. The molecule has 1 N–H and O–H groups in total. The number of aryl methyl sites for hydroxylation is 2. The van der Waals surface area contributed by atoms with Gasteiger partial charge in [0.1, 0.15) is 0 Å². The molecule has 184 valence electrons. The summed E-state index contributed by atoms with van der Waals surface area (Å²) < 4.78 is 4.49. The van der Waals surface area contributed by atoms with Gasteiger partial charge in [0.2, 0.25) is 0 Å². The van der Waals surface area contributed by atoms with Crippen LogP contribution in [0.15, 0.2) is 40.3 Å². The SMILES string of the molecule is CC[NH+]1CCN([P@]2(=S)/C(=C3\N(C)c4ccccc4C3(C)C)C=Nc3c2c(C)nn3CCC#N)CC1. The van der Waals surface area contributed by atoms with E-state index in [1.54, 1.807) is 4.90 Å². The minimum atomic E-state index is -2.39. The molecule has 0 bridgehead atoms. The maximum atomic E-state index is 9.18. The van der Waals surface area contributed by atoms with Gasteiger partial charge in [-0.2, -0.15) is 10.4 Å². The van der Waals surface area contributed by atoms with Gasteiger partial charge in [-0.05, 0) is 25.5 Å². The molecule has 0 aliphatic carbocycles. The van der Waals surface area contributed by atoms with Crippen LogP contribution in [0.2, 0.25) is 0 Å². The van der Waals surface area contributed by atoms with E-state index >= 15 is 0 Å². The lowest BCUT2D eigenvalue weighted by molar-refractivity contribution is -0.901. The van der Waals surface area contributed by atoms with Crippen molar-refractivity contribution in [3.05, 3.63) is 46.5 Å². The molecule has 0 amide bonds. The summed E-state index contributed by atoms with van der Waals surface area (Å²) in [7, 11) is 2.17. The van der Waals surface area contributed by atoms with Gasteiger partial charge in [0.15, 0.2) is 5.82 Å². The van der Waals surface area contributed by atoms with Crippen molar-refractivity contribution in [2.24, 2.45) is 4.99 Å². The van der Waals surface area contributed by atoms with Crippen molar-refractivity contribution >= 4 is 41.0 Å². The maximum absolute atomic E-state index is 9.18. The zero-order valence-electron chi connectivity index (χ0n) is 21.4. The molecule has 1 fully saturated rings. The number of benzene rings is 1. The first-order valence-electron chi connectivity index (χ1n) is 12.5. The maximum Gasteiger partial charge on any atom is 0.160 e. The molecule has 1 aromatic heterocycles. The topological polar surface area (TPSA) is 64.9 Å². The van der Waals surface area contributed by atoms with Gasteiger partial charge < -0.3 is 9.80 Å². The number of hydrogen-bond acceptors (Lipinski definition) is 5. The normalized spacial score (nSPS) is 26.0. The molecule has 2 aromatic rings. The van der Waals surface area contributed by atoms with Gasteiger partial charge in [0.25, 0.3) is 0 Å². The first-order valence-corrected chi connectivity index (χ1v) is 15.3. The lowest BCUT2D eigenvalue weighted by Crippen LogP contribution is -3.14. The fourth-order valence-electron chi connectivity index (χ4n) is 6.07. The Morgan fingerprint density at radius 1 is 1.23 bits per heavy atom. The molecule has 9 heteroatoms. The number of likely N-dealkylation sites (N-methyl/N-ethyl adjacent to an activating group) is 2. The van der Waals surface area contributed by atoms with Gasteiger partial charge in [0, 0.05) is 35.4 Å². The number of nitrogens with zero attached hydrogens (tertiary/aromatic N) is 6. The second kappa shape index (κ2) is 8.97.